The number of hydrogen-bond donors (Lipinski definition) is 2. The van der Waals surface area contributed by atoms with Gasteiger partial charge in [0.1, 0.15) is 0 Å². The van der Waals surface area contributed by atoms with Crippen LogP contribution in [0.15, 0.2) is 0 Å². The van der Waals surface area contributed by atoms with Crippen LogP contribution in [0.1, 0.15) is 19.8 Å². The normalized spacial score (nSPS) is 19.2. The van der Waals surface area contributed by atoms with Gasteiger partial charge in [0.15, 0.2) is 6.10 Å². The highest BCUT2D eigenvalue weighted by atomic mass is 16.5. The molecule has 7 heteroatoms. The number of morpholine rings is 1. The maximum atomic E-state index is 11.8. The monoisotopic (exact) mass is 274 g/mol. The number of amides is 2. The number of hydrogen-bond acceptors (Lipinski definition) is 4. The second-order valence-corrected chi connectivity index (χ2v) is 4.34. The van der Waals surface area contributed by atoms with E-state index in [-0.39, 0.29) is 19.2 Å². The third-order valence-electron chi connectivity index (χ3n) is 2.72. The number of carbonyl (C=O) groups is 2. The summed E-state index contributed by atoms with van der Waals surface area (Å²) in [4.78, 5) is 24.0. The van der Waals surface area contributed by atoms with E-state index in [1.807, 2.05) is 6.92 Å². The lowest BCUT2D eigenvalue weighted by atomic mass is 10.3. The minimum atomic E-state index is -1.04. The van der Waals surface area contributed by atoms with Crippen molar-refractivity contribution in [1.82, 2.24) is 10.2 Å². The first-order valence-corrected chi connectivity index (χ1v) is 6.60. The van der Waals surface area contributed by atoms with Crippen LogP contribution in [0.5, 0.6) is 0 Å². The fourth-order valence-corrected chi connectivity index (χ4v) is 1.71. The van der Waals surface area contributed by atoms with E-state index in [0.717, 1.165) is 19.4 Å². The van der Waals surface area contributed by atoms with E-state index in [0.29, 0.717) is 19.7 Å². The number of aliphatic carboxylic acids is 1. The molecular formula is C12H22N2O5. The molecule has 0 aromatic carbocycles. The molecule has 2 N–H and O–H groups in total. The minimum absolute atomic E-state index is 0.0908. The van der Waals surface area contributed by atoms with Crippen molar-refractivity contribution in [3.8, 4) is 0 Å². The Morgan fingerprint density at radius 3 is 2.95 bits per heavy atom. The van der Waals surface area contributed by atoms with Crippen LogP contribution in [0.3, 0.4) is 0 Å². The Hall–Kier alpha value is -1.34. The molecule has 1 fully saturated rings. The van der Waals surface area contributed by atoms with Gasteiger partial charge in [-0.25, -0.2) is 9.59 Å². The van der Waals surface area contributed by atoms with Crippen molar-refractivity contribution in [3.05, 3.63) is 0 Å². The molecular weight excluding hydrogens is 252 g/mol. The highest BCUT2D eigenvalue weighted by Crippen LogP contribution is 2.05. The van der Waals surface area contributed by atoms with E-state index in [1.54, 1.807) is 0 Å². The zero-order valence-electron chi connectivity index (χ0n) is 11.3. The molecule has 2 amide bonds. The quantitative estimate of drug-likeness (QED) is 0.652. The molecule has 0 saturated carbocycles. The van der Waals surface area contributed by atoms with Crippen LogP contribution in [-0.4, -0.2) is 67.6 Å². The van der Waals surface area contributed by atoms with Gasteiger partial charge in [0.2, 0.25) is 0 Å². The van der Waals surface area contributed by atoms with Crippen LogP contribution < -0.4 is 5.32 Å². The Kier molecular flexibility index (Phi) is 7.20. The maximum absolute atomic E-state index is 11.8. The molecule has 7 nitrogen and oxygen atoms in total. The van der Waals surface area contributed by atoms with Gasteiger partial charge in [-0.05, 0) is 12.8 Å². The number of carbonyl (C=O) groups excluding carboxylic acids is 1. The molecule has 0 aromatic heterocycles. The average molecular weight is 274 g/mol. The zero-order valence-corrected chi connectivity index (χ0v) is 11.3. The second kappa shape index (κ2) is 8.71. The molecule has 1 saturated heterocycles. The van der Waals surface area contributed by atoms with Crippen molar-refractivity contribution < 1.29 is 24.2 Å². The van der Waals surface area contributed by atoms with E-state index in [9.17, 15) is 9.59 Å². The highest BCUT2D eigenvalue weighted by molar-refractivity contribution is 5.77. The summed E-state index contributed by atoms with van der Waals surface area (Å²) in [5, 5.41) is 11.6. The van der Waals surface area contributed by atoms with Crippen molar-refractivity contribution in [2.24, 2.45) is 0 Å². The molecule has 19 heavy (non-hydrogen) atoms. The molecule has 1 aliphatic rings. The number of rotatable bonds is 7. The standard InChI is InChI=1S/C12H22N2O5/c1-2-6-18-7-3-4-13-12(17)14-5-8-19-10(9-14)11(15)16/h10H,2-9H2,1H3,(H,13,17)(H,15,16). The number of nitrogens with zero attached hydrogens (tertiary/aromatic N) is 1. The summed E-state index contributed by atoms with van der Waals surface area (Å²) in [7, 11) is 0. The van der Waals surface area contributed by atoms with Gasteiger partial charge in [-0.15, -0.1) is 0 Å². The van der Waals surface area contributed by atoms with Gasteiger partial charge < -0.3 is 24.8 Å². The zero-order chi connectivity index (χ0) is 14.1. The van der Waals surface area contributed by atoms with E-state index >= 15 is 0 Å². The van der Waals surface area contributed by atoms with Gasteiger partial charge in [-0.2, -0.15) is 0 Å². The molecule has 1 aliphatic heterocycles. The van der Waals surface area contributed by atoms with Gasteiger partial charge in [0.25, 0.3) is 0 Å². The predicted octanol–water partition coefficient (Wildman–Crippen LogP) is 0.298. The molecule has 0 spiro atoms. The lowest BCUT2D eigenvalue weighted by Gasteiger charge is -2.30. The van der Waals surface area contributed by atoms with E-state index in [4.69, 9.17) is 14.6 Å². The minimum Gasteiger partial charge on any atom is -0.479 e. The largest absolute Gasteiger partial charge is 0.479 e. The van der Waals surface area contributed by atoms with Gasteiger partial charge in [0, 0.05) is 26.3 Å². The van der Waals surface area contributed by atoms with Gasteiger partial charge in [-0.3, -0.25) is 0 Å². The van der Waals surface area contributed by atoms with Crippen LogP contribution in [0.4, 0.5) is 4.79 Å². The van der Waals surface area contributed by atoms with E-state index < -0.39 is 12.1 Å². The third-order valence-corrected chi connectivity index (χ3v) is 2.72. The molecule has 0 bridgehead atoms. The predicted molar refractivity (Wildman–Crippen MR) is 68.1 cm³/mol. The maximum Gasteiger partial charge on any atom is 0.334 e. The summed E-state index contributed by atoms with van der Waals surface area (Å²) < 4.78 is 10.3. The first-order chi connectivity index (χ1) is 9.15. The Morgan fingerprint density at radius 1 is 1.47 bits per heavy atom. The molecule has 1 unspecified atom stereocenters. The average Bonchev–Trinajstić information content (AvgIpc) is 2.42. The Labute approximate surface area is 112 Å². The molecule has 110 valence electrons. The van der Waals surface area contributed by atoms with E-state index in [2.05, 4.69) is 5.32 Å². The van der Waals surface area contributed by atoms with Crippen molar-refractivity contribution in [2.75, 3.05) is 39.5 Å². The number of ether oxygens (including phenoxy) is 2. The first kappa shape index (κ1) is 15.7. The Balaban J connectivity index is 2.16. The third kappa shape index (κ3) is 5.89. The summed E-state index contributed by atoms with van der Waals surface area (Å²) >= 11 is 0. The summed E-state index contributed by atoms with van der Waals surface area (Å²) in [6.45, 7) is 4.68. The fourth-order valence-electron chi connectivity index (χ4n) is 1.71. The lowest BCUT2D eigenvalue weighted by molar-refractivity contribution is -0.154. The van der Waals surface area contributed by atoms with Crippen LogP contribution in [-0.2, 0) is 14.3 Å². The smallest absolute Gasteiger partial charge is 0.334 e. The van der Waals surface area contributed by atoms with Crippen LogP contribution in [0.2, 0.25) is 0 Å². The van der Waals surface area contributed by atoms with Crippen LogP contribution in [0.25, 0.3) is 0 Å². The van der Waals surface area contributed by atoms with Gasteiger partial charge in [0.05, 0.1) is 13.2 Å². The Bertz CT molecular complexity index is 298. The Morgan fingerprint density at radius 2 is 2.26 bits per heavy atom. The molecule has 0 aliphatic carbocycles. The van der Waals surface area contributed by atoms with Gasteiger partial charge >= 0.3 is 12.0 Å². The SMILES string of the molecule is CCCOCCCNC(=O)N1CCOC(C(=O)O)C1. The summed E-state index contributed by atoms with van der Waals surface area (Å²) in [5.74, 6) is -1.04. The molecule has 1 atom stereocenters. The fraction of sp³-hybridized carbons (Fsp3) is 0.833. The number of carboxylic acid groups (broad SMARTS) is 1. The van der Waals surface area contributed by atoms with Crippen molar-refractivity contribution in [1.29, 1.82) is 0 Å². The number of urea groups is 1. The van der Waals surface area contributed by atoms with E-state index in [1.165, 1.54) is 4.90 Å². The first-order valence-electron chi connectivity index (χ1n) is 6.60. The van der Waals surface area contributed by atoms with Crippen LogP contribution >= 0.6 is 0 Å². The van der Waals surface area contributed by atoms with Crippen LogP contribution in [0, 0.1) is 0 Å². The van der Waals surface area contributed by atoms with Gasteiger partial charge in [-0.1, -0.05) is 6.92 Å². The number of nitrogens with one attached hydrogen (secondary N) is 1. The lowest BCUT2D eigenvalue weighted by Crippen LogP contribution is -2.51. The molecule has 1 heterocycles. The summed E-state index contributed by atoms with van der Waals surface area (Å²) in [6, 6.07) is -0.245. The van der Waals surface area contributed by atoms with Crippen molar-refractivity contribution in [2.45, 2.75) is 25.9 Å². The second-order valence-electron chi connectivity index (χ2n) is 4.34. The number of carboxylic acids is 1. The topological polar surface area (TPSA) is 88.1 Å². The highest BCUT2D eigenvalue weighted by Gasteiger charge is 2.28. The van der Waals surface area contributed by atoms with Crippen molar-refractivity contribution in [3.63, 3.8) is 0 Å². The van der Waals surface area contributed by atoms with Crippen molar-refractivity contribution >= 4 is 12.0 Å². The molecule has 0 aromatic rings. The summed E-state index contributed by atoms with van der Waals surface area (Å²) in [5.41, 5.74) is 0. The molecule has 1 rings (SSSR count). The molecule has 0 radical (unpaired) electrons. The summed E-state index contributed by atoms with van der Waals surface area (Å²) in [6.07, 6.45) is 0.808.